The van der Waals surface area contributed by atoms with Crippen LogP contribution in [-0.2, 0) is 117 Å². The maximum Gasteiger partial charge on any atom is 2.00 e. The maximum atomic E-state index is 13.2. The van der Waals surface area contributed by atoms with Crippen LogP contribution in [0.15, 0.2) is 72.8 Å². The molecule has 0 aliphatic rings. The second-order valence-electron chi connectivity index (χ2n) is 9.79. The van der Waals surface area contributed by atoms with Crippen LogP contribution in [0.25, 0.3) is 0 Å². The summed E-state index contributed by atoms with van der Waals surface area (Å²) >= 11 is 0. The van der Waals surface area contributed by atoms with Crippen molar-refractivity contribution in [2.75, 3.05) is 0 Å². The topological polar surface area (TPSA) is 365 Å². The van der Waals surface area contributed by atoms with Crippen LogP contribution in [-0.4, -0.2) is 105 Å². The molecule has 2 radical (unpaired) electrons. The number of benzene rings is 4. The van der Waals surface area contributed by atoms with Gasteiger partial charge < -0.3 is 97.1 Å². The van der Waals surface area contributed by atoms with Crippen molar-refractivity contribution in [2.24, 2.45) is 0 Å². The van der Waals surface area contributed by atoms with E-state index in [1.807, 2.05) is 81.5 Å². The maximum absolute atomic E-state index is 13.2. The van der Waals surface area contributed by atoms with Gasteiger partial charge in [0, 0.05) is 70.2 Å². The fourth-order valence-electron chi connectivity index (χ4n) is 3.94. The van der Waals surface area contributed by atoms with Gasteiger partial charge in [-0.3, -0.25) is 0 Å². The van der Waals surface area contributed by atoms with Crippen molar-refractivity contribution in [1.29, 1.82) is 0 Å². The Labute approximate surface area is 467 Å². The van der Waals surface area contributed by atoms with E-state index in [1.165, 1.54) is 48.5 Å². The number of hydrogen-bond donors (Lipinski definition) is 0. The summed E-state index contributed by atoms with van der Waals surface area (Å²) in [5, 5.41) is 41.5. The summed E-state index contributed by atoms with van der Waals surface area (Å²) in [6.45, 7) is 24.0. The van der Waals surface area contributed by atoms with E-state index in [-0.39, 0.29) is 81.5 Å². The van der Waals surface area contributed by atoms with Crippen molar-refractivity contribution < 1.29 is 148 Å². The standard InChI is InChI=1S/4C10H7FO2.12CH2O.2Co/c4*1-2-4-7-5-3-6-8(9(7)11)10(12)13;12*1-2;;/h4*1,3,5-6H,4H2,(H,12,13);12*1H2;;/q;;;;;;;;;;;;;;;;2*+2/p-4. The molecule has 0 amide bonds. The molecule has 0 atom stereocenters. The zero-order valence-electron chi connectivity index (χ0n) is 40.9. The molecular formula is C52H48Co2F4O20. The third-order valence-electron chi connectivity index (χ3n) is 6.36. The Kier molecular flexibility index (Phi) is 116. The van der Waals surface area contributed by atoms with Crippen molar-refractivity contribution in [2.45, 2.75) is 25.7 Å². The van der Waals surface area contributed by atoms with E-state index in [9.17, 15) is 57.2 Å². The van der Waals surface area contributed by atoms with Gasteiger partial charge >= 0.3 is 33.6 Å². The van der Waals surface area contributed by atoms with Crippen molar-refractivity contribution in [3.8, 4) is 49.4 Å². The van der Waals surface area contributed by atoms with Crippen LogP contribution in [0.5, 0.6) is 0 Å². The van der Waals surface area contributed by atoms with Crippen molar-refractivity contribution >= 4 is 105 Å². The van der Waals surface area contributed by atoms with Gasteiger partial charge in [0.2, 0.25) is 0 Å². The monoisotopic (exact) mass is 1190 g/mol. The van der Waals surface area contributed by atoms with Crippen LogP contribution in [0.3, 0.4) is 0 Å². The van der Waals surface area contributed by atoms with Crippen LogP contribution < -0.4 is 20.4 Å². The average Bonchev–Trinajstić information content (AvgIpc) is 3.48. The third kappa shape index (κ3) is 50.7. The second-order valence-corrected chi connectivity index (χ2v) is 9.79. The van der Waals surface area contributed by atoms with E-state index in [2.05, 4.69) is 23.7 Å². The van der Waals surface area contributed by atoms with Crippen molar-refractivity contribution in [1.82, 2.24) is 0 Å². The van der Waals surface area contributed by atoms with Crippen LogP contribution >= 0.6 is 0 Å². The fourth-order valence-corrected chi connectivity index (χ4v) is 3.94. The molecule has 0 aromatic heterocycles. The minimum Gasteiger partial charge on any atom is -0.545 e. The minimum atomic E-state index is -1.53. The number of carbonyl (C=O) groups excluding carboxylic acids is 16. The van der Waals surface area contributed by atoms with Crippen molar-refractivity contribution in [3.63, 3.8) is 0 Å². The Morgan fingerprint density at radius 2 is 0.423 bits per heavy atom. The number of carboxylic acid groups (broad SMARTS) is 4. The molecule has 4 aromatic carbocycles. The SMILES string of the molecule is C#CCc1cccc(C(=O)[O-])c1F.C#CCc1cccc(C(=O)[O-])c1F.C#CCc1cccc(C(=O)[O-])c1F.C#CCc1cccc(C(=O)[O-])c1F.C=O.C=O.C=O.C=O.C=O.C=O.C=O.C=O.C=O.C=O.C=O.C=O.[Co+2].[Co+2]. The number of terminal acetylenes is 4. The zero-order chi connectivity index (χ0) is 63.4. The van der Waals surface area contributed by atoms with Crippen LogP contribution in [0.2, 0.25) is 0 Å². The van der Waals surface area contributed by atoms with E-state index < -0.39 is 69.4 Å². The van der Waals surface area contributed by atoms with E-state index in [0.717, 1.165) is 24.3 Å². The quantitative estimate of drug-likeness (QED) is 0.154. The van der Waals surface area contributed by atoms with Crippen LogP contribution in [0, 0.1) is 72.6 Å². The van der Waals surface area contributed by atoms with Gasteiger partial charge in [0.25, 0.3) is 0 Å². The Hall–Kier alpha value is -10.2. The van der Waals surface area contributed by atoms with Gasteiger partial charge in [-0.25, -0.2) is 17.6 Å². The first-order valence-corrected chi connectivity index (χ1v) is 17.8. The zero-order valence-corrected chi connectivity index (χ0v) is 43.0. The molecule has 0 fully saturated rings. The molecule has 20 nitrogen and oxygen atoms in total. The Morgan fingerprint density at radius 1 is 0.308 bits per heavy atom. The first-order valence-electron chi connectivity index (χ1n) is 17.8. The number of carbonyl (C=O) groups is 16. The first-order chi connectivity index (χ1) is 36.7. The average molecular weight is 1190 g/mol. The molecule has 78 heavy (non-hydrogen) atoms. The van der Waals surface area contributed by atoms with E-state index in [4.69, 9.17) is 83.2 Å². The van der Waals surface area contributed by atoms with E-state index in [1.54, 1.807) is 0 Å². The summed E-state index contributed by atoms with van der Waals surface area (Å²) in [5.41, 5.74) is -1.01. The van der Waals surface area contributed by atoms with Gasteiger partial charge in [0.15, 0.2) is 0 Å². The van der Waals surface area contributed by atoms with Gasteiger partial charge in [-0.2, -0.15) is 0 Å². The predicted octanol–water partition coefficient (Wildman–Crippen LogP) is -0.764. The largest absolute Gasteiger partial charge is 2.00 e. The van der Waals surface area contributed by atoms with Gasteiger partial charge in [0.05, 0.1) is 23.9 Å². The molecule has 0 heterocycles. The predicted molar refractivity (Wildman–Crippen MR) is 259 cm³/mol. The molecule has 0 aliphatic heterocycles. The van der Waals surface area contributed by atoms with E-state index in [0.29, 0.717) is 0 Å². The molecular weight excluding hydrogens is 1140 g/mol. The molecule has 422 valence electrons. The molecule has 26 heteroatoms. The molecule has 0 aliphatic carbocycles. The summed E-state index contributed by atoms with van der Waals surface area (Å²) in [6.07, 6.45) is 20.2. The fraction of sp³-hybridized carbons (Fsp3) is 0.0769. The van der Waals surface area contributed by atoms with Gasteiger partial charge in [-0.05, 0) is 0 Å². The smallest absolute Gasteiger partial charge is 0.545 e. The minimum absolute atomic E-state index is 0. The molecule has 4 aromatic rings. The third-order valence-corrected chi connectivity index (χ3v) is 6.36. The molecule has 0 saturated carbocycles. The summed E-state index contributed by atoms with van der Waals surface area (Å²) in [4.78, 5) is 138. The molecule has 0 bridgehead atoms. The number of aromatic carboxylic acids is 4. The first kappa shape index (κ1) is 105. The van der Waals surface area contributed by atoms with E-state index >= 15 is 0 Å². The molecule has 0 N–H and O–H groups in total. The molecule has 0 saturated heterocycles. The van der Waals surface area contributed by atoms with Crippen LogP contribution in [0.4, 0.5) is 17.6 Å². The number of halogens is 4. The number of rotatable bonds is 8. The summed E-state index contributed by atoms with van der Waals surface area (Å²) in [6, 6.07) is 16.1. The van der Waals surface area contributed by atoms with Gasteiger partial charge in [-0.1, -0.05) is 72.8 Å². The Balaban J connectivity index is -0.0000000511. The van der Waals surface area contributed by atoms with Gasteiger partial charge in [0.1, 0.15) is 105 Å². The Bertz CT molecular complexity index is 2020. The second kappa shape index (κ2) is 86.5. The molecule has 0 spiro atoms. The Morgan fingerprint density at radius 3 is 0.513 bits per heavy atom. The summed E-state index contributed by atoms with van der Waals surface area (Å²) in [5.74, 6) is -0.395. The number of hydrogen-bond acceptors (Lipinski definition) is 20. The summed E-state index contributed by atoms with van der Waals surface area (Å²) in [7, 11) is 0. The van der Waals surface area contributed by atoms with Crippen molar-refractivity contribution in [3.05, 3.63) is 141 Å². The normalized spacial score (nSPS) is 6.77. The van der Waals surface area contributed by atoms with Crippen LogP contribution in [0.1, 0.15) is 63.7 Å². The molecule has 4 rings (SSSR count). The van der Waals surface area contributed by atoms with Gasteiger partial charge in [-0.15, -0.1) is 49.4 Å². The number of carboxylic acids is 4. The molecule has 0 unspecified atom stereocenters. The summed E-state index contributed by atoms with van der Waals surface area (Å²) < 4.78 is 52.8.